The number of hydrogen-bond donors (Lipinski definition) is 1. The average molecular weight is 271 g/mol. The number of nitro groups is 1. The van der Waals surface area contributed by atoms with Crippen molar-refractivity contribution < 1.29 is 14.5 Å². The fourth-order valence-corrected chi connectivity index (χ4v) is 2.29. The number of amides is 1. The van der Waals surface area contributed by atoms with Gasteiger partial charge in [0.1, 0.15) is 16.4 Å². The molecule has 1 amide bonds. The molecule has 0 saturated carbocycles. The SMILES string of the molecule is CC1(C)Cc2c(Cl)c([N+](=O)[O-])cc(C(N)=O)c2O1. The van der Waals surface area contributed by atoms with Crippen molar-refractivity contribution >= 4 is 23.2 Å². The second-order valence-corrected chi connectivity index (χ2v) is 5.10. The minimum absolute atomic E-state index is 0.00516. The van der Waals surface area contributed by atoms with Crippen molar-refractivity contribution in [3.63, 3.8) is 0 Å². The lowest BCUT2D eigenvalue weighted by atomic mass is 9.99. The maximum Gasteiger partial charge on any atom is 0.289 e. The number of nitrogens with zero attached hydrogens (tertiary/aromatic N) is 1. The zero-order chi connectivity index (χ0) is 13.7. The Bertz CT molecular complexity index is 569. The summed E-state index contributed by atoms with van der Waals surface area (Å²) in [5.74, 6) is -0.521. The zero-order valence-corrected chi connectivity index (χ0v) is 10.6. The van der Waals surface area contributed by atoms with Gasteiger partial charge >= 0.3 is 0 Å². The second-order valence-electron chi connectivity index (χ2n) is 4.72. The van der Waals surface area contributed by atoms with E-state index in [4.69, 9.17) is 22.1 Å². The van der Waals surface area contributed by atoms with Gasteiger partial charge in [-0.2, -0.15) is 0 Å². The van der Waals surface area contributed by atoms with Crippen LogP contribution in [-0.4, -0.2) is 16.4 Å². The second kappa shape index (κ2) is 3.84. The van der Waals surface area contributed by atoms with Gasteiger partial charge in [-0.3, -0.25) is 14.9 Å². The molecule has 1 aromatic carbocycles. The lowest BCUT2D eigenvalue weighted by Gasteiger charge is -2.17. The first-order valence-electron chi connectivity index (χ1n) is 5.21. The Labute approximate surface area is 108 Å². The van der Waals surface area contributed by atoms with Crippen LogP contribution in [0.4, 0.5) is 5.69 Å². The predicted molar refractivity (Wildman–Crippen MR) is 65.0 cm³/mol. The van der Waals surface area contributed by atoms with Gasteiger partial charge in [-0.1, -0.05) is 11.6 Å². The van der Waals surface area contributed by atoms with Crippen LogP contribution in [0.2, 0.25) is 5.02 Å². The fourth-order valence-electron chi connectivity index (χ4n) is 2.01. The number of carbonyl (C=O) groups excluding carboxylic acids is 1. The summed E-state index contributed by atoms with van der Waals surface area (Å²) < 4.78 is 5.59. The molecule has 1 aliphatic rings. The van der Waals surface area contributed by atoms with Crippen molar-refractivity contribution in [2.45, 2.75) is 25.9 Å². The number of primary amides is 1. The number of benzene rings is 1. The maximum atomic E-state index is 11.3. The highest BCUT2D eigenvalue weighted by Gasteiger charge is 2.38. The summed E-state index contributed by atoms with van der Waals surface area (Å²) in [6.07, 6.45) is 0.392. The topological polar surface area (TPSA) is 95.5 Å². The molecule has 1 heterocycles. The molecular weight excluding hydrogens is 260 g/mol. The Morgan fingerprint density at radius 2 is 2.22 bits per heavy atom. The monoisotopic (exact) mass is 270 g/mol. The highest BCUT2D eigenvalue weighted by molar-refractivity contribution is 6.34. The number of halogens is 1. The van der Waals surface area contributed by atoms with Crippen LogP contribution in [-0.2, 0) is 6.42 Å². The highest BCUT2D eigenvalue weighted by atomic mass is 35.5. The quantitative estimate of drug-likeness (QED) is 0.657. The van der Waals surface area contributed by atoms with E-state index in [0.29, 0.717) is 12.0 Å². The molecule has 1 aliphatic heterocycles. The Hall–Kier alpha value is -1.82. The van der Waals surface area contributed by atoms with Crippen LogP contribution >= 0.6 is 11.6 Å². The molecule has 1 aromatic rings. The van der Waals surface area contributed by atoms with Gasteiger partial charge in [0.25, 0.3) is 11.6 Å². The normalized spacial score (nSPS) is 15.9. The molecule has 7 heteroatoms. The molecule has 0 spiro atoms. The molecule has 0 aliphatic carbocycles. The molecule has 0 aromatic heterocycles. The molecule has 6 nitrogen and oxygen atoms in total. The first-order chi connectivity index (χ1) is 8.23. The van der Waals surface area contributed by atoms with Crippen LogP contribution in [0, 0.1) is 10.1 Å². The van der Waals surface area contributed by atoms with Crippen molar-refractivity contribution in [2.24, 2.45) is 5.73 Å². The molecule has 2 N–H and O–H groups in total. The van der Waals surface area contributed by atoms with Crippen LogP contribution in [0.25, 0.3) is 0 Å². The zero-order valence-electron chi connectivity index (χ0n) is 9.82. The number of carbonyl (C=O) groups is 1. The van der Waals surface area contributed by atoms with Crippen molar-refractivity contribution in [1.82, 2.24) is 0 Å². The fraction of sp³-hybridized carbons (Fsp3) is 0.364. The largest absolute Gasteiger partial charge is 0.486 e. The van der Waals surface area contributed by atoms with Crippen molar-refractivity contribution in [3.8, 4) is 5.75 Å². The van der Waals surface area contributed by atoms with E-state index in [0.717, 1.165) is 6.07 Å². The van der Waals surface area contributed by atoms with E-state index in [1.807, 2.05) is 0 Å². The molecule has 0 unspecified atom stereocenters. The van der Waals surface area contributed by atoms with Gasteiger partial charge in [0, 0.05) is 18.1 Å². The van der Waals surface area contributed by atoms with E-state index in [2.05, 4.69) is 0 Å². The third-order valence-electron chi connectivity index (χ3n) is 2.73. The van der Waals surface area contributed by atoms with Crippen LogP contribution in [0.5, 0.6) is 5.75 Å². The van der Waals surface area contributed by atoms with Gasteiger partial charge in [0.2, 0.25) is 0 Å². The lowest BCUT2D eigenvalue weighted by Crippen LogP contribution is -2.25. The first-order valence-corrected chi connectivity index (χ1v) is 5.59. The number of ether oxygens (including phenoxy) is 1. The van der Waals surface area contributed by atoms with E-state index in [-0.39, 0.29) is 22.0 Å². The molecule has 96 valence electrons. The van der Waals surface area contributed by atoms with Crippen LogP contribution < -0.4 is 10.5 Å². The molecule has 0 bridgehead atoms. The van der Waals surface area contributed by atoms with Crippen LogP contribution in [0.15, 0.2) is 6.07 Å². The molecule has 0 saturated heterocycles. The number of nitro benzene ring substituents is 1. The van der Waals surface area contributed by atoms with E-state index in [1.54, 1.807) is 13.8 Å². The first kappa shape index (κ1) is 12.6. The predicted octanol–water partition coefficient (Wildman–Crippen LogP) is 2.06. The van der Waals surface area contributed by atoms with Gasteiger partial charge in [-0.15, -0.1) is 0 Å². The smallest absolute Gasteiger partial charge is 0.289 e. The summed E-state index contributed by atoms with van der Waals surface area (Å²) in [6.45, 7) is 3.61. The number of rotatable bonds is 2. The van der Waals surface area contributed by atoms with Gasteiger partial charge in [0.15, 0.2) is 0 Å². The third kappa shape index (κ3) is 1.88. The maximum absolute atomic E-state index is 11.3. The molecular formula is C11H11ClN2O4. The summed E-state index contributed by atoms with van der Waals surface area (Å²) >= 11 is 5.98. The van der Waals surface area contributed by atoms with E-state index < -0.39 is 16.4 Å². The Morgan fingerprint density at radius 1 is 1.61 bits per heavy atom. The molecule has 18 heavy (non-hydrogen) atoms. The van der Waals surface area contributed by atoms with Crippen LogP contribution in [0.1, 0.15) is 29.8 Å². The average Bonchev–Trinajstić information content (AvgIpc) is 2.53. The molecule has 0 radical (unpaired) electrons. The van der Waals surface area contributed by atoms with Gasteiger partial charge < -0.3 is 10.5 Å². The molecule has 0 fully saturated rings. The highest BCUT2D eigenvalue weighted by Crippen LogP contribution is 2.45. The van der Waals surface area contributed by atoms with E-state index >= 15 is 0 Å². The summed E-state index contributed by atoms with van der Waals surface area (Å²) in [5, 5.41) is 10.9. The lowest BCUT2D eigenvalue weighted by molar-refractivity contribution is -0.384. The van der Waals surface area contributed by atoms with Crippen molar-refractivity contribution in [3.05, 3.63) is 32.3 Å². The number of nitrogens with two attached hydrogens (primary N) is 1. The summed E-state index contributed by atoms with van der Waals surface area (Å²) in [6, 6.07) is 1.06. The third-order valence-corrected chi connectivity index (χ3v) is 3.15. The minimum Gasteiger partial charge on any atom is -0.486 e. The Kier molecular flexibility index (Phi) is 2.70. The summed E-state index contributed by atoms with van der Waals surface area (Å²) in [4.78, 5) is 21.6. The number of hydrogen-bond acceptors (Lipinski definition) is 4. The number of fused-ring (bicyclic) bond motifs is 1. The molecule has 0 atom stereocenters. The van der Waals surface area contributed by atoms with Crippen molar-refractivity contribution in [2.75, 3.05) is 0 Å². The minimum atomic E-state index is -0.774. The summed E-state index contributed by atoms with van der Waals surface area (Å²) in [5.41, 5.74) is 4.77. The Balaban J connectivity index is 2.73. The van der Waals surface area contributed by atoms with Crippen LogP contribution in [0.3, 0.4) is 0 Å². The van der Waals surface area contributed by atoms with Gasteiger partial charge in [0.05, 0.1) is 10.5 Å². The van der Waals surface area contributed by atoms with E-state index in [1.165, 1.54) is 0 Å². The van der Waals surface area contributed by atoms with E-state index in [9.17, 15) is 14.9 Å². The van der Waals surface area contributed by atoms with Gasteiger partial charge in [-0.25, -0.2) is 0 Å². The standard InChI is InChI=1S/C11H11ClN2O4/c1-11(2)4-6-8(12)7(14(16)17)3-5(10(13)15)9(6)18-11/h3H,4H2,1-2H3,(H2,13,15). The van der Waals surface area contributed by atoms with Gasteiger partial charge in [-0.05, 0) is 13.8 Å². The Morgan fingerprint density at radius 3 is 2.72 bits per heavy atom. The van der Waals surface area contributed by atoms with Crippen molar-refractivity contribution in [1.29, 1.82) is 0 Å². The summed E-state index contributed by atoms with van der Waals surface area (Å²) in [7, 11) is 0. The molecule has 2 rings (SSSR count).